The first-order valence-corrected chi connectivity index (χ1v) is 7.91. The molecule has 3 aromatic rings. The predicted octanol–water partition coefficient (Wildman–Crippen LogP) is 4.81. The number of benzene rings is 2. The summed E-state index contributed by atoms with van der Waals surface area (Å²) < 4.78 is 0. The molecule has 0 unspecified atom stereocenters. The molecule has 0 bridgehead atoms. The first kappa shape index (κ1) is 15.3. The summed E-state index contributed by atoms with van der Waals surface area (Å²) in [6, 6.07) is 14.6. The zero-order valence-electron chi connectivity index (χ0n) is 14.0. The summed E-state index contributed by atoms with van der Waals surface area (Å²) >= 11 is 0. The molecular formula is C19H22N4. The summed E-state index contributed by atoms with van der Waals surface area (Å²) in [5, 5.41) is 7.80. The van der Waals surface area contributed by atoms with Gasteiger partial charge in [0.15, 0.2) is 0 Å². The number of aryl methyl sites for hydroxylation is 1. The number of nitrogens with zero attached hydrogens (tertiary/aromatic N) is 2. The Morgan fingerprint density at radius 2 is 1.70 bits per heavy atom. The van der Waals surface area contributed by atoms with Gasteiger partial charge in [0.1, 0.15) is 5.82 Å². The molecule has 0 radical (unpaired) electrons. The highest BCUT2D eigenvalue weighted by molar-refractivity contribution is 5.90. The fourth-order valence-corrected chi connectivity index (χ4v) is 2.52. The van der Waals surface area contributed by atoms with Crippen molar-refractivity contribution in [3.05, 3.63) is 53.6 Å². The van der Waals surface area contributed by atoms with Gasteiger partial charge in [0, 0.05) is 17.1 Å². The van der Waals surface area contributed by atoms with Gasteiger partial charge in [0.2, 0.25) is 5.95 Å². The van der Waals surface area contributed by atoms with E-state index >= 15 is 0 Å². The van der Waals surface area contributed by atoms with Crippen LogP contribution in [-0.2, 0) is 0 Å². The zero-order chi connectivity index (χ0) is 16.4. The van der Waals surface area contributed by atoms with E-state index in [0.717, 1.165) is 22.4 Å². The molecule has 0 fully saturated rings. The molecule has 0 spiro atoms. The highest BCUT2D eigenvalue weighted by atomic mass is 15.1. The van der Waals surface area contributed by atoms with Gasteiger partial charge in [-0.2, -0.15) is 4.98 Å². The minimum absolute atomic E-state index is 0.307. The molecule has 0 atom stereocenters. The van der Waals surface area contributed by atoms with Gasteiger partial charge in [0.25, 0.3) is 0 Å². The Bertz CT molecular complexity index is 840. The second-order valence-corrected chi connectivity index (χ2v) is 6.08. The molecule has 3 rings (SSSR count). The second kappa shape index (κ2) is 6.24. The summed E-state index contributed by atoms with van der Waals surface area (Å²) in [7, 11) is 0. The molecule has 23 heavy (non-hydrogen) atoms. The first-order valence-electron chi connectivity index (χ1n) is 7.91. The Labute approximate surface area is 137 Å². The van der Waals surface area contributed by atoms with E-state index in [1.165, 1.54) is 11.1 Å². The summed E-state index contributed by atoms with van der Waals surface area (Å²) in [6.07, 6.45) is 0. The number of hydrogen-bond acceptors (Lipinski definition) is 4. The summed E-state index contributed by atoms with van der Waals surface area (Å²) in [5.74, 6) is 1.47. The third-order valence-corrected chi connectivity index (χ3v) is 3.88. The molecule has 0 aliphatic heterocycles. The number of fused-ring (bicyclic) bond motifs is 1. The third kappa shape index (κ3) is 3.26. The molecule has 1 aromatic heterocycles. The van der Waals surface area contributed by atoms with Crippen molar-refractivity contribution in [3.8, 4) is 0 Å². The van der Waals surface area contributed by atoms with Crippen LogP contribution in [0.4, 0.5) is 17.5 Å². The van der Waals surface area contributed by atoms with E-state index in [1.54, 1.807) is 0 Å². The zero-order valence-corrected chi connectivity index (χ0v) is 14.0. The lowest BCUT2D eigenvalue weighted by molar-refractivity contribution is 0.891. The fourth-order valence-electron chi connectivity index (χ4n) is 2.52. The predicted molar refractivity (Wildman–Crippen MR) is 97.5 cm³/mol. The SMILES string of the molecule is Cc1cccc(Nc2nc(NC(C)C)c3ccccc3n2)c1C. The molecule has 4 heteroatoms. The quantitative estimate of drug-likeness (QED) is 0.726. The summed E-state index contributed by atoms with van der Waals surface area (Å²) in [6.45, 7) is 8.42. The van der Waals surface area contributed by atoms with Crippen LogP contribution in [0.1, 0.15) is 25.0 Å². The Balaban J connectivity index is 2.05. The van der Waals surface area contributed by atoms with Gasteiger partial charge in [-0.3, -0.25) is 0 Å². The average Bonchev–Trinajstić information content (AvgIpc) is 2.51. The van der Waals surface area contributed by atoms with E-state index in [2.05, 4.69) is 60.4 Å². The minimum atomic E-state index is 0.307. The third-order valence-electron chi connectivity index (χ3n) is 3.88. The van der Waals surface area contributed by atoms with Crippen molar-refractivity contribution < 1.29 is 0 Å². The Kier molecular flexibility index (Phi) is 4.15. The highest BCUT2D eigenvalue weighted by Gasteiger charge is 2.09. The second-order valence-electron chi connectivity index (χ2n) is 6.08. The van der Waals surface area contributed by atoms with Crippen LogP contribution in [0.25, 0.3) is 10.9 Å². The van der Waals surface area contributed by atoms with Crippen LogP contribution in [-0.4, -0.2) is 16.0 Å². The lowest BCUT2D eigenvalue weighted by Gasteiger charge is -2.15. The first-order chi connectivity index (χ1) is 11.0. The van der Waals surface area contributed by atoms with Crippen molar-refractivity contribution in [1.82, 2.24) is 9.97 Å². The Morgan fingerprint density at radius 1 is 0.913 bits per heavy atom. The van der Waals surface area contributed by atoms with Crippen molar-refractivity contribution in [2.45, 2.75) is 33.7 Å². The molecule has 0 aliphatic rings. The Hall–Kier alpha value is -2.62. The van der Waals surface area contributed by atoms with Crippen LogP contribution in [0, 0.1) is 13.8 Å². The van der Waals surface area contributed by atoms with Gasteiger partial charge in [-0.1, -0.05) is 24.3 Å². The van der Waals surface area contributed by atoms with Crippen molar-refractivity contribution in [1.29, 1.82) is 0 Å². The van der Waals surface area contributed by atoms with E-state index < -0.39 is 0 Å². The number of hydrogen-bond donors (Lipinski definition) is 2. The maximum absolute atomic E-state index is 4.67. The van der Waals surface area contributed by atoms with Crippen LogP contribution < -0.4 is 10.6 Å². The molecule has 1 heterocycles. The maximum atomic E-state index is 4.67. The smallest absolute Gasteiger partial charge is 0.229 e. The molecule has 0 aliphatic carbocycles. The van der Waals surface area contributed by atoms with Crippen molar-refractivity contribution in [2.24, 2.45) is 0 Å². The van der Waals surface area contributed by atoms with Gasteiger partial charge in [-0.15, -0.1) is 0 Å². The standard InChI is InChI=1S/C19H22N4/c1-12(2)20-18-15-9-5-6-10-17(15)22-19(23-18)21-16-11-7-8-13(3)14(16)4/h5-12H,1-4H3,(H2,20,21,22,23). The van der Waals surface area contributed by atoms with E-state index in [0.29, 0.717) is 12.0 Å². The van der Waals surface area contributed by atoms with Gasteiger partial charge < -0.3 is 10.6 Å². The van der Waals surface area contributed by atoms with Crippen LogP contribution >= 0.6 is 0 Å². The van der Waals surface area contributed by atoms with E-state index in [9.17, 15) is 0 Å². The lowest BCUT2D eigenvalue weighted by atomic mass is 10.1. The molecule has 4 nitrogen and oxygen atoms in total. The van der Waals surface area contributed by atoms with E-state index in [1.807, 2.05) is 30.3 Å². The largest absolute Gasteiger partial charge is 0.367 e. The number of nitrogens with one attached hydrogen (secondary N) is 2. The number of anilines is 3. The Morgan fingerprint density at radius 3 is 2.48 bits per heavy atom. The maximum Gasteiger partial charge on any atom is 0.229 e. The lowest BCUT2D eigenvalue weighted by Crippen LogP contribution is -2.13. The molecule has 2 N–H and O–H groups in total. The van der Waals surface area contributed by atoms with E-state index in [4.69, 9.17) is 0 Å². The number of para-hydroxylation sites is 1. The van der Waals surface area contributed by atoms with Crippen molar-refractivity contribution in [2.75, 3.05) is 10.6 Å². The van der Waals surface area contributed by atoms with Gasteiger partial charge >= 0.3 is 0 Å². The van der Waals surface area contributed by atoms with Gasteiger partial charge in [0.05, 0.1) is 5.52 Å². The number of aromatic nitrogens is 2. The topological polar surface area (TPSA) is 49.8 Å². The normalized spacial score (nSPS) is 11.0. The van der Waals surface area contributed by atoms with Crippen molar-refractivity contribution >= 4 is 28.4 Å². The van der Waals surface area contributed by atoms with E-state index in [-0.39, 0.29) is 0 Å². The molecule has 0 amide bonds. The van der Waals surface area contributed by atoms with Gasteiger partial charge in [-0.05, 0) is 57.0 Å². The molecule has 2 aromatic carbocycles. The molecule has 0 saturated heterocycles. The summed E-state index contributed by atoms with van der Waals surface area (Å²) in [4.78, 5) is 9.32. The monoisotopic (exact) mass is 306 g/mol. The molecular weight excluding hydrogens is 284 g/mol. The average molecular weight is 306 g/mol. The molecule has 118 valence electrons. The number of rotatable bonds is 4. The summed E-state index contributed by atoms with van der Waals surface area (Å²) in [5.41, 5.74) is 4.42. The van der Waals surface area contributed by atoms with Crippen molar-refractivity contribution in [3.63, 3.8) is 0 Å². The minimum Gasteiger partial charge on any atom is -0.367 e. The van der Waals surface area contributed by atoms with Gasteiger partial charge in [-0.25, -0.2) is 4.98 Å². The fraction of sp³-hybridized carbons (Fsp3) is 0.263. The molecule has 0 saturated carbocycles. The van der Waals surface area contributed by atoms with Crippen LogP contribution in [0.2, 0.25) is 0 Å². The highest BCUT2D eigenvalue weighted by Crippen LogP contribution is 2.26. The van der Waals surface area contributed by atoms with Crippen LogP contribution in [0.15, 0.2) is 42.5 Å². The van der Waals surface area contributed by atoms with Crippen LogP contribution in [0.3, 0.4) is 0 Å². The van der Waals surface area contributed by atoms with Crippen LogP contribution in [0.5, 0.6) is 0 Å².